The summed E-state index contributed by atoms with van der Waals surface area (Å²) in [5.41, 5.74) is 1.50. The smallest absolute Gasteiger partial charge is 0.408 e. The van der Waals surface area contributed by atoms with E-state index in [0.29, 0.717) is 44.7 Å². The fourth-order valence-corrected chi connectivity index (χ4v) is 14.5. The minimum Gasteiger partial charge on any atom is -0.438 e. The molecule has 0 aliphatic carbocycles. The van der Waals surface area contributed by atoms with Crippen LogP contribution in [-0.2, 0) is 25.3 Å². The maximum atomic E-state index is 12.0. The molecule has 0 saturated heterocycles. The van der Waals surface area contributed by atoms with Gasteiger partial charge < -0.3 is 30.5 Å². The molecule has 276 valence electrons. The average Bonchev–Trinajstić information content (AvgIpc) is 3.06. The van der Waals surface area contributed by atoms with Crippen molar-refractivity contribution in [3.05, 3.63) is 0 Å². The van der Waals surface area contributed by atoms with Gasteiger partial charge in [-0.25, -0.2) is 9.79 Å². The third-order valence-electron chi connectivity index (χ3n) is 3.57. The van der Waals surface area contributed by atoms with Gasteiger partial charge in [-0.3, -0.25) is 14.0 Å². The molecule has 1 unspecified atom stereocenters. The summed E-state index contributed by atoms with van der Waals surface area (Å²) in [6.07, 6.45) is 0.843. The van der Waals surface area contributed by atoms with Gasteiger partial charge in [-0.15, -0.1) is 141 Å². The number of thioether (sulfide) groups is 13. The lowest BCUT2D eigenvalue weighted by molar-refractivity contribution is -0.196. The van der Waals surface area contributed by atoms with Gasteiger partial charge >= 0.3 is 6.09 Å². The Bertz CT molecular complexity index is 817. The summed E-state index contributed by atoms with van der Waals surface area (Å²) in [4.78, 5) is 41.4. The molecule has 12 nitrogen and oxygen atoms in total. The van der Waals surface area contributed by atoms with Crippen LogP contribution in [-0.4, -0.2) is 131 Å². The maximum Gasteiger partial charge on any atom is 0.408 e. The van der Waals surface area contributed by atoms with Crippen molar-refractivity contribution in [3.63, 3.8) is 0 Å². The molecule has 0 radical (unpaired) electrons. The number of alkyl carbamates (subject to hydrolysis) is 1. The van der Waals surface area contributed by atoms with Crippen LogP contribution in [0.5, 0.6) is 0 Å². The molecule has 2 amide bonds. The van der Waals surface area contributed by atoms with Crippen LogP contribution in [0.4, 0.5) is 9.59 Å². The van der Waals surface area contributed by atoms with E-state index in [-0.39, 0.29) is 23.1 Å². The fourth-order valence-electron chi connectivity index (χ4n) is 1.85. The second kappa shape index (κ2) is 42.9. The Kier molecular flexibility index (Phi) is 45.1. The van der Waals surface area contributed by atoms with Crippen molar-refractivity contribution < 1.29 is 38.5 Å². The quantitative estimate of drug-likeness (QED) is 0.0128. The molecule has 0 saturated carbocycles. The van der Waals surface area contributed by atoms with Crippen LogP contribution in [0.25, 0.3) is 0 Å². The van der Waals surface area contributed by atoms with Gasteiger partial charge in [0, 0.05) is 40.7 Å². The molecule has 0 rings (SSSR count). The highest BCUT2D eigenvalue weighted by Crippen LogP contribution is 2.21. The zero-order chi connectivity index (χ0) is 34.3. The third kappa shape index (κ3) is 42.8. The normalized spacial score (nSPS) is 12.1. The van der Waals surface area contributed by atoms with Crippen molar-refractivity contribution >= 4 is 187 Å². The molecular weight excluding hydrogens is 885 g/mol. The number of carbonyl (C=O) groups excluding carboxylic acids is 2. The Morgan fingerprint density at radius 3 is 1.94 bits per heavy atom. The van der Waals surface area contributed by atoms with Crippen molar-refractivity contribution in [2.24, 2.45) is 9.98 Å². The number of amides is 2. The highest BCUT2D eigenvalue weighted by atomic mass is 32.3. The van der Waals surface area contributed by atoms with Crippen LogP contribution in [0, 0.1) is 0 Å². The second-order valence-corrected chi connectivity index (χ2v) is 24.0. The van der Waals surface area contributed by atoms with E-state index in [1.807, 2.05) is 0 Å². The van der Waals surface area contributed by atoms with Crippen LogP contribution in [0.3, 0.4) is 0 Å². The van der Waals surface area contributed by atoms with E-state index in [9.17, 15) is 13.8 Å². The van der Waals surface area contributed by atoms with Gasteiger partial charge in [0.25, 0.3) is 5.24 Å². The predicted octanol–water partition coefficient (Wildman–Crippen LogP) is 6.97. The minimum atomic E-state index is -1.12. The zero-order valence-corrected chi connectivity index (χ0v) is 36.6. The number of hydrogen-bond donors (Lipinski definition) is 4. The standard InChI is InChI=1S/C21H40N4O8S14/c26-7-38-15-40-9-31-20(28)24-4-36-13-43-12-35-3-23-6-47(30)19-45-17-44-18-46-21(29)25-5-37-14-42-11-34-2-22-1-32-33-10-41-16-39-8-27/h1,6,26-27H,2-5,7-19H2,(H,24,28)(H,25,29). The molecular formula is C21H40N4O8S14. The molecule has 0 aliphatic rings. The molecule has 0 bridgehead atoms. The van der Waals surface area contributed by atoms with E-state index in [1.54, 1.807) is 94.1 Å². The number of hydrogen-bond acceptors (Lipinski definition) is 23. The molecule has 0 aliphatic heterocycles. The van der Waals surface area contributed by atoms with E-state index >= 15 is 0 Å². The highest BCUT2D eigenvalue weighted by Gasteiger charge is 2.03. The zero-order valence-electron chi connectivity index (χ0n) is 25.1. The monoisotopic (exact) mass is 924 g/mol. The molecule has 0 aromatic carbocycles. The summed E-state index contributed by atoms with van der Waals surface area (Å²) in [7, 11) is -1.12. The Balaban J connectivity index is 3.39. The number of nitrogens with one attached hydrogen (secondary N) is 2. The number of carbonyl (C=O) groups is 2. The third-order valence-corrected chi connectivity index (χ3v) is 18.7. The SMILES string of the molecule is O=C(NCSCSCSCN=CS(=O)CSCSCSC(=O)NCSCSCSCN=COOCSCSCO)OCSCSCO. The predicted molar refractivity (Wildman–Crippen MR) is 231 cm³/mol. The van der Waals surface area contributed by atoms with E-state index in [1.165, 1.54) is 70.8 Å². The fraction of sp³-hybridized carbons (Fsp3) is 0.810. The van der Waals surface area contributed by atoms with Gasteiger partial charge in [-0.2, -0.15) is 4.89 Å². The van der Waals surface area contributed by atoms with Gasteiger partial charge in [0.2, 0.25) is 6.40 Å². The summed E-state index contributed by atoms with van der Waals surface area (Å²) in [5, 5.41) is 29.5. The largest absolute Gasteiger partial charge is 0.438 e. The molecule has 1 atom stereocenters. The summed E-state index contributed by atoms with van der Waals surface area (Å²) < 4.78 is 17.0. The first kappa shape index (κ1) is 49.5. The Morgan fingerprint density at radius 1 is 0.660 bits per heavy atom. The van der Waals surface area contributed by atoms with Gasteiger partial charge in [0.15, 0.2) is 0 Å². The van der Waals surface area contributed by atoms with Crippen LogP contribution >= 0.6 is 153 Å². The lowest BCUT2D eigenvalue weighted by Gasteiger charge is -2.06. The molecule has 0 aromatic rings. The van der Waals surface area contributed by atoms with E-state index < -0.39 is 16.9 Å². The van der Waals surface area contributed by atoms with Crippen molar-refractivity contribution in [1.29, 1.82) is 0 Å². The number of ether oxygens (including phenoxy) is 1. The maximum absolute atomic E-state index is 12.0. The first-order chi connectivity index (χ1) is 23.1. The Morgan fingerprint density at radius 2 is 1.23 bits per heavy atom. The molecule has 0 heterocycles. The van der Waals surface area contributed by atoms with Gasteiger partial charge in [-0.1, -0.05) is 11.8 Å². The van der Waals surface area contributed by atoms with Gasteiger partial charge in [0.05, 0.1) is 56.8 Å². The van der Waals surface area contributed by atoms with E-state index in [2.05, 4.69) is 20.6 Å². The number of aliphatic imine (C=N–C) groups is 2. The number of rotatable bonds is 35. The van der Waals surface area contributed by atoms with E-state index in [4.69, 9.17) is 24.7 Å². The Labute approximate surface area is 335 Å². The topological polar surface area (TPSA) is 168 Å². The lowest BCUT2D eigenvalue weighted by Crippen LogP contribution is -2.23. The highest BCUT2D eigenvalue weighted by molar-refractivity contribution is 8.29. The minimum absolute atomic E-state index is 0.0430. The first-order valence-corrected chi connectivity index (χ1v) is 28.9. The van der Waals surface area contributed by atoms with E-state index in [0.717, 1.165) is 30.5 Å². The average molecular weight is 926 g/mol. The van der Waals surface area contributed by atoms with Gasteiger partial charge in [0.1, 0.15) is 11.9 Å². The number of aliphatic hydroxyl groups is 2. The molecule has 0 fully saturated rings. The van der Waals surface area contributed by atoms with Crippen molar-refractivity contribution in [1.82, 2.24) is 10.6 Å². The second-order valence-electron chi connectivity index (χ2n) is 6.94. The molecule has 26 heteroatoms. The molecule has 0 aromatic heterocycles. The van der Waals surface area contributed by atoms with Gasteiger partial charge in [-0.05, 0) is 0 Å². The molecule has 0 spiro atoms. The number of nitrogens with zero attached hydrogens (tertiary/aromatic N) is 2. The number of aliphatic hydroxyl groups excluding tert-OH is 2. The van der Waals surface area contributed by atoms with Crippen LogP contribution < -0.4 is 10.6 Å². The summed E-state index contributed by atoms with van der Waals surface area (Å²) in [6, 6.07) is 0. The Hall–Kier alpha value is 2.46. The molecule has 4 N–H and O–H groups in total. The van der Waals surface area contributed by atoms with Crippen molar-refractivity contribution in [2.45, 2.75) is 0 Å². The summed E-state index contributed by atoms with van der Waals surface area (Å²) in [5.74, 6) is 2.98. The summed E-state index contributed by atoms with van der Waals surface area (Å²) >= 11 is 20.2. The van der Waals surface area contributed by atoms with Crippen LogP contribution in [0.2, 0.25) is 0 Å². The first-order valence-electron chi connectivity index (χ1n) is 12.7. The van der Waals surface area contributed by atoms with Crippen molar-refractivity contribution in [2.75, 3.05) is 93.0 Å². The molecule has 47 heavy (non-hydrogen) atoms. The lowest BCUT2D eigenvalue weighted by atomic mass is 11.1. The van der Waals surface area contributed by atoms with Crippen molar-refractivity contribution in [3.8, 4) is 0 Å². The van der Waals surface area contributed by atoms with Crippen LogP contribution in [0.1, 0.15) is 0 Å². The summed E-state index contributed by atoms with van der Waals surface area (Å²) in [6.45, 7) is 0. The van der Waals surface area contributed by atoms with Crippen LogP contribution in [0.15, 0.2) is 9.98 Å².